The van der Waals surface area contributed by atoms with Gasteiger partial charge in [-0.15, -0.1) is 0 Å². The molecule has 1 N–H and O–H groups in total. The number of hydrogen-bond acceptors (Lipinski definition) is 6. The van der Waals surface area contributed by atoms with E-state index in [9.17, 15) is 9.90 Å². The number of carbonyl (C=O) groups is 1. The maximum atomic E-state index is 13.6. The van der Waals surface area contributed by atoms with E-state index in [-0.39, 0.29) is 19.1 Å². The Morgan fingerprint density at radius 2 is 1.84 bits per heavy atom. The average molecular weight is 542 g/mol. The van der Waals surface area contributed by atoms with Gasteiger partial charge >= 0.3 is 0 Å². The van der Waals surface area contributed by atoms with E-state index in [1.54, 1.807) is 49.5 Å². The van der Waals surface area contributed by atoms with E-state index < -0.39 is 6.04 Å². The monoisotopic (exact) mass is 541 g/mol. The van der Waals surface area contributed by atoms with Crippen LogP contribution >= 0.6 is 23.2 Å². The predicted molar refractivity (Wildman–Crippen MR) is 140 cm³/mol. The lowest BCUT2D eigenvalue weighted by Gasteiger charge is -2.36. The molecule has 2 aromatic carbocycles. The third-order valence-electron chi connectivity index (χ3n) is 6.44. The summed E-state index contributed by atoms with van der Waals surface area (Å²) in [6.07, 6.45) is 2.44. The molecule has 1 amide bonds. The number of nitrogens with zero attached hydrogens (tertiary/aromatic N) is 3. The molecule has 1 aliphatic heterocycles. The number of aromatic nitrogens is 2. The number of hydrogen-bond donors (Lipinski definition) is 1. The maximum Gasteiger partial charge on any atom is 0.261 e. The fourth-order valence-electron chi connectivity index (χ4n) is 4.68. The SMILES string of the molecule is COc1ccc(C2c3c(nc4cc(Cl)ccn34)CCN2C(=O)COc2ccc(CO)cc2Cl)cc1OC. The molecule has 10 heteroatoms. The topological polar surface area (TPSA) is 85.5 Å². The normalized spacial score (nSPS) is 14.9. The Kier molecular flexibility index (Phi) is 7.15. The predicted octanol–water partition coefficient (Wildman–Crippen LogP) is 4.70. The molecule has 0 saturated carbocycles. The third-order valence-corrected chi connectivity index (χ3v) is 6.97. The fourth-order valence-corrected chi connectivity index (χ4v) is 5.09. The van der Waals surface area contributed by atoms with E-state index in [4.69, 9.17) is 42.4 Å². The van der Waals surface area contributed by atoms with Crippen LogP contribution in [-0.4, -0.2) is 52.7 Å². The van der Waals surface area contributed by atoms with Crippen molar-refractivity contribution < 1.29 is 24.1 Å². The molecule has 0 bridgehead atoms. The molecule has 3 heterocycles. The lowest BCUT2D eigenvalue weighted by molar-refractivity contribution is -0.135. The van der Waals surface area contributed by atoms with Crippen LogP contribution in [0.3, 0.4) is 0 Å². The van der Waals surface area contributed by atoms with Crippen LogP contribution in [-0.2, 0) is 17.8 Å². The number of halogens is 2. The van der Waals surface area contributed by atoms with Gasteiger partial charge in [-0.3, -0.25) is 4.79 Å². The van der Waals surface area contributed by atoms with E-state index >= 15 is 0 Å². The lowest BCUT2D eigenvalue weighted by Crippen LogP contribution is -2.43. The van der Waals surface area contributed by atoms with Crippen LogP contribution in [0.4, 0.5) is 0 Å². The number of fused-ring (bicyclic) bond motifs is 3. The van der Waals surface area contributed by atoms with Gasteiger partial charge in [-0.2, -0.15) is 0 Å². The van der Waals surface area contributed by atoms with Crippen molar-refractivity contribution in [3.8, 4) is 17.2 Å². The van der Waals surface area contributed by atoms with Gasteiger partial charge in [-0.25, -0.2) is 4.98 Å². The first-order valence-electron chi connectivity index (χ1n) is 11.6. The van der Waals surface area contributed by atoms with Crippen molar-refractivity contribution in [1.29, 1.82) is 0 Å². The zero-order valence-corrected chi connectivity index (χ0v) is 21.8. The van der Waals surface area contributed by atoms with E-state index in [0.717, 1.165) is 17.0 Å². The Labute approximate surface area is 223 Å². The quantitative estimate of drug-likeness (QED) is 0.365. The molecule has 2 aromatic heterocycles. The van der Waals surface area contributed by atoms with Crippen molar-refractivity contribution in [1.82, 2.24) is 14.3 Å². The molecule has 0 radical (unpaired) electrons. The summed E-state index contributed by atoms with van der Waals surface area (Å²) in [5.41, 5.74) is 3.99. The van der Waals surface area contributed by atoms with E-state index in [0.29, 0.717) is 51.5 Å². The largest absolute Gasteiger partial charge is 0.493 e. The molecule has 4 aromatic rings. The molecule has 1 atom stereocenters. The molecule has 8 nitrogen and oxygen atoms in total. The highest BCUT2D eigenvalue weighted by atomic mass is 35.5. The first-order valence-corrected chi connectivity index (χ1v) is 12.4. The van der Waals surface area contributed by atoms with Crippen LogP contribution in [0.15, 0.2) is 54.7 Å². The number of methoxy groups -OCH3 is 2. The maximum absolute atomic E-state index is 13.6. The molecule has 1 unspecified atom stereocenters. The smallest absolute Gasteiger partial charge is 0.261 e. The number of aliphatic hydroxyl groups is 1. The van der Waals surface area contributed by atoms with Gasteiger partial charge in [0.05, 0.1) is 43.3 Å². The van der Waals surface area contributed by atoms with E-state index in [1.807, 2.05) is 28.8 Å². The summed E-state index contributed by atoms with van der Waals surface area (Å²) in [5, 5.41) is 10.2. The second-order valence-corrected chi connectivity index (χ2v) is 9.43. The summed E-state index contributed by atoms with van der Waals surface area (Å²) in [6.45, 7) is 0.107. The van der Waals surface area contributed by atoms with Gasteiger partial charge in [0.1, 0.15) is 11.4 Å². The molecule has 37 heavy (non-hydrogen) atoms. The minimum absolute atomic E-state index is 0.132. The van der Waals surface area contributed by atoms with Crippen molar-refractivity contribution in [3.63, 3.8) is 0 Å². The van der Waals surface area contributed by atoms with Gasteiger partial charge in [0.2, 0.25) is 0 Å². The van der Waals surface area contributed by atoms with Gasteiger partial charge in [0.25, 0.3) is 5.91 Å². The number of carbonyl (C=O) groups excluding carboxylic acids is 1. The van der Waals surface area contributed by atoms with Gasteiger partial charge in [0.15, 0.2) is 18.1 Å². The molecule has 0 saturated heterocycles. The van der Waals surface area contributed by atoms with Crippen LogP contribution in [0.25, 0.3) is 5.65 Å². The van der Waals surface area contributed by atoms with E-state index in [2.05, 4.69) is 0 Å². The van der Waals surface area contributed by atoms with Crippen molar-refractivity contribution in [3.05, 3.63) is 87.3 Å². The standard InChI is InChI=1S/C27H25Cl2N3O5/c1-35-22-6-4-17(12-23(22)36-2)26-27-20(30-24-13-18(28)7-9-31(24)27)8-10-32(26)25(34)15-37-21-5-3-16(14-33)11-19(21)29/h3-7,9,11-13,26,33H,8,10,14-15H2,1-2H3. The van der Waals surface area contributed by atoms with Gasteiger partial charge in [-0.1, -0.05) is 35.3 Å². The summed E-state index contributed by atoms with van der Waals surface area (Å²) in [7, 11) is 3.16. The molecule has 5 rings (SSSR count). The third kappa shape index (κ3) is 4.80. The van der Waals surface area contributed by atoms with Crippen LogP contribution in [0, 0.1) is 0 Å². The van der Waals surface area contributed by atoms with Crippen molar-refractivity contribution in [2.24, 2.45) is 0 Å². The number of benzene rings is 2. The first-order chi connectivity index (χ1) is 17.9. The highest BCUT2D eigenvalue weighted by molar-refractivity contribution is 6.32. The lowest BCUT2D eigenvalue weighted by atomic mass is 9.95. The summed E-state index contributed by atoms with van der Waals surface area (Å²) in [4.78, 5) is 20.2. The summed E-state index contributed by atoms with van der Waals surface area (Å²) >= 11 is 12.5. The van der Waals surface area contributed by atoms with Gasteiger partial charge in [-0.05, 0) is 41.5 Å². The fraction of sp³-hybridized carbons (Fsp3) is 0.259. The second-order valence-electron chi connectivity index (χ2n) is 8.58. The van der Waals surface area contributed by atoms with Crippen molar-refractivity contribution in [2.45, 2.75) is 19.1 Å². The zero-order chi connectivity index (χ0) is 26.1. The minimum atomic E-state index is -0.455. The number of ether oxygens (including phenoxy) is 3. The Balaban J connectivity index is 1.53. The first kappa shape index (κ1) is 25.2. The Hall–Kier alpha value is -3.46. The van der Waals surface area contributed by atoms with Crippen LogP contribution in [0.1, 0.15) is 28.6 Å². The molecular weight excluding hydrogens is 517 g/mol. The molecule has 1 aliphatic rings. The van der Waals surface area contributed by atoms with Crippen molar-refractivity contribution in [2.75, 3.05) is 27.4 Å². The number of imidazole rings is 1. The van der Waals surface area contributed by atoms with Gasteiger partial charge < -0.3 is 28.6 Å². The summed E-state index contributed by atoms with van der Waals surface area (Å²) < 4.78 is 18.7. The van der Waals surface area contributed by atoms with Crippen LogP contribution in [0.2, 0.25) is 10.0 Å². The Morgan fingerprint density at radius 3 is 2.57 bits per heavy atom. The number of aliphatic hydroxyl groups excluding tert-OH is 1. The average Bonchev–Trinajstić information content (AvgIpc) is 3.28. The molecule has 0 spiro atoms. The summed E-state index contributed by atoms with van der Waals surface area (Å²) in [5.74, 6) is 1.31. The number of pyridine rings is 1. The Morgan fingerprint density at radius 1 is 1.05 bits per heavy atom. The second kappa shape index (κ2) is 10.5. The highest BCUT2D eigenvalue weighted by Crippen LogP contribution is 2.39. The van der Waals surface area contributed by atoms with Gasteiger partial charge in [0, 0.05) is 30.3 Å². The summed E-state index contributed by atoms with van der Waals surface area (Å²) in [6, 6.07) is 13.7. The number of rotatable bonds is 7. The van der Waals surface area contributed by atoms with Crippen LogP contribution < -0.4 is 14.2 Å². The zero-order valence-electron chi connectivity index (χ0n) is 20.3. The highest BCUT2D eigenvalue weighted by Gasteiger charge is 2.36. The Bertz CT molecular complexity index is 1470. The molecular formula is C27H25Cl2N3O5. The van der Waals surface area contributed by atoms with E-state index in [1.165, 1.54) is 0 Å². The van der Waals surface area contributed by atoms with Crippen LogP contribution in [0.5, 0.6) is 17.2 Å². The number of amides is 1. The van der Waals surface area contributed by atoms with Crippen molar-refractivity contribution >= 4 is 34.8 Å². The minimum Gasteiger partial charge on any atom is -0.493 e. The molecule has 0 aliphatic carbocycles. The molecule has 0 fully saturated rings. The molecule has 192 valence electrons.